The Morgan fingerprint density at radius 3 is 2.48 bits per heavy atom. The molecule has 1 amide bonds. The molecule has 1 aromatic heterocycles. The third-order valence-electron chi connectivity index (χ3n) is 3.94. The summed E-state index contributed by atoms with van der Waals surface area (Å²) in [4.78, 5) is 22.9. The van der Waals surface area contributed by atoms with Crippen LogP contribution in [-0.2, 0) is 13.1 Å². The van der Waals surface area contributed by atoms with Crippen molar-refractivity contribution in [2.45, 2.75) is 20.0 Å². The zero-order valence-electron chi connectivity index (χ0n) is 14.5. The van der Waals surface area contributed by atoms with Crippen LogP contribution in [0.5, 0.6) is 0 Å². The molecule has 0 N–H and O–H groups in total. The Labute approximate surface area is 166 Å². The molecule has 0 saturated carbocycles. The van der Waals surface area contributed by atoms with Gasteiger partial charge in [0.05, 0.1) is 0 Å². The number of amides is 1. The van der Waals surface area contributed by atoms with Gasteiger partial charge in [0.1, 0.15) is 11.6 Å². The van der Waals surface area contributed by atoms with Crippen molar-refractivity contribution in [1.82, 2.24) is 14.9 Å². The van der Waals surface area contributed by atoms with E-state index in [2.05, 4.69) is 9.97 Å². The molecular weight excluding hydrogens is 388 g/mol. The molecule has 27 heavy (non-hydrogen) atoms. The van der Waals surface area contributed by atoms with Crippen LogP contribution in [0.1, 0.15) is 27.3 Å². The zero-order chi connectivity index (χ0) is 19.4. The number of rotatable bonds is 5. The van der Waals surface area contributed by atoms with E-state index in [0.29, 0.717) is 15.9 Å². The number of nitrogens with zero attached hydrogens (tertiary/aromatic N) is 3. The average molecular weight is 404 g/mol. The summed E-state index contributed by atoms with van der Waals surface area (Å²) in [5.74, 6) is -0.146. The Balaban J connectivity index is 1.92. The van der Waals surface area contributed by atoms with Gasteiger partial charge in [-0.05, 0) is 42.8 Å². The monoisotopic (exact) mass is 403 g/mol. The maximum atomic E-state index is 13.6. The van der Waals surface area contributed by atoms with E-state index in [1.165, 1.54) is 18.2 Å². The lowest BCUT2D eigenvalue weighted by Crippen LogP contribution is -2.30. The first-order valence-electron chi connectivity index (χ1n) is 8.18. The van der Waals surface area contributed by atoms with Crippen molar-refractivity contribution >= 4 is 29.1 Å². The standard InChI is InChI=1S/C20H16Cl2FN3O/c1-13-24-9-14(10-25-13)11-26(12-16-5-6-17(21)8-19(16)22)20(27)15-3-2-4-18(23)7-15/h2-10H,11-12H2,1H3. The smallest absolute Gasteiger partial charge is 0.254 e. The molecule has 0 unspecified atom stereocenters. The van der Waals surface area contributed by atoms with E-state index >= 15 is 0 Å². The molecule has 3 aromatic rings. The Morgan fingerprint density at radius 2 is 1.81 bits per heavy atom. The highest BCUT2D eigenvalue weighted by Crippen LogP contribution is 2.24. The summed E-state index contributed by atoms with van der Waals surface area (Å²) in [5, 5.41) is 0.971. The van der Waals surface area contributed by atoms with Crippen LogP contribution in [0.25, 0.3) is 0 Å². The number of hydrogen-bond donors (Lipinski definition) is 0. The molecule has 138 valence electrons. The second kappa shape index (κ2) is 8.46. The summed E-state index contributed by atoms with van der Waals surface area (Å²) in [6.07, 6.45) is 3.33. The van der Waals surface area contributed by atoms with E-state index < -0.39 is 5.82 Å². The van der Waals surface area contributed by atoms with E-state index in [9.17, 15) is 9.18 Å². The highest BCUT2D eigenvalue weighted by molar-refractivity contribution is 6.35. The minimum Gasteiger partial charge on any atom is -0.330 e. The Bertz CT molecular complexity index is 964. The third kappa shape index (κ3) is 5.02. The molecule has 0 bridgehead atoms. The van der Waals surface area contributed by atoms with Crippen LogP contribution in [0.3, 0.4) is 0 Å². The summed E-state index contributed by atoms with van der Waals surface area (Å²) < 4.78 is 13.6. The van der Waals surface area contributed by atoms with E-state index in [1.807, 2.05) is 0 Å². The van der Waals surface area contributed by atoms with Gasteiger partial charge in [-0.1, -0.05) is 35.3 Å². The predicted molar refractivity (Wildman–Crippen MR) is 103 cm³/mol. The van der Waals surface area contributed by atoms with Crippen molar-refractivity contribution in [3.05, 3.63) is 93.2 Å². The van der Waals surface area contributed by atoms with Gasteiger partial charge in [-0.15, -0.1) is 0 Å². The lowest BCUT2D eigenvalue weighted by atomic mass is 10.1. The summed E-state index contributed by atoms with van der Waals surface area (Å²) in [7, 11) is 0. The van der Waals surface area contributed by atoms with Crippen molar-refractivity contribution in [2.24, 2.45) is 0 Å². The van der Waals surface area contributed by atoms with Crippen LogP contribution >= 0.6 is 23.2 Å². The molecule has 0 fully saturated rings. The van der Waals surface area contributed by atoms with Gasteiger partial charge in [0.25, 0.3) is 5.91 Å². The van der Waals surface area contributed by atoms with Crippen molar-refractivity contribution in [3.63, 3.8) is 0 Å². The van der Waals surface area contributed by atoms with E-state index in [0.717, 1.165) is 11.1 Å². The molecule has 0 atom stereocenters. The molecule has 0 radical (unpaired) electrons. The maximum Gasteiger partial charge on any atom is 0.254 e. The van der Waals surface area contributed by atoms with Gasteiger partial charge in [-0.3, -0.25) is 4.79 Å². The van der Waals surface area contributed by atoms with Crippen LogP contribution in [0.4, 0.5) is 4.39 Å². The highest BCUT2D eigenvalue weighted by atomic mass is 35.5. The number of carbonyl (C=O) groups excluding carboxylic acids is 1. The highest BCUT2D eigenvalue weighted by Gasteiger charge is 2.19. The number of benzene rings is 2. The van der Waals surface area contributed by atoms with Crippen molar-refractivity contribution in [1.29, 1.82) is 0 Å². The molecule has 0 aliphatic heterocycles. The Kier molecular flexibility index (Phi) is 6.04. The average Bonchev–Trinajstić information content (AvgIpc) is 2.64. The summed E-state index contributed by atoms with van der Waals surface area (Å²) in [5.41, 5.74) is 1.75. The fraction of sp³-hybridized carbons (Fsp3) is 0.150. The molecule has 0 saturated heterocycles. The van der Waals surface area contributed by atoms with Crippen molar-refractivity contribution < 1.29 is 9.18 Å². The Morgan fingerprint density at radius 1 is 1.07 bits per heavy atom. The molecular formula is C20H16Cl2FN3O. The number of aromatic nitrogens is 2. The molecule has 0 spiro atoms. The van der Waals surface area contributed by atoms with Gasteiger partial charge >= 0.3 is 0 Å². The number of hydrogen-bond acceptors (Lipinski definition) is 3. The van der Waals surface area contributed by atoms with Crippen LogP contribution in [0, 0.1) is 12.7 Å². The largest absolute Gasteiger partial charge is 0.330 e. The van der Waals surface area contributed by atoms with Crippen LogP contribution in [0.2, 0.25) is 10.0 Å². The van der Waals surface area contributed by atoms with Gasteiger partial charge in [-0.2, -0.15) is 0 Å². The molecule has 0 aliphatic rings. The van der Waals surface area contributed by atoms with Crippen LogP contribution in [-0.4, -0.2) is 20.8 Å². The first-order valence-corrected chi connectivity index (χ1v) is 8.94. The number of carbonyl (C=O) groups is 1. The van der Waals surface area contributed by atoms with Gasteiger partial charge in [-0.25, -0.2) is 14.4 Å². The minimum atomic E-state index is -0.469. The van der Waals surface area contributed by atoms with E-state index in [1.54, 1.807) is 48.5 Å². The maximum absolute atomic E-state index is 13.6. The molecule has 4 nitrogen and oxygen atoms in total. The first kappa shape index (κ1) is 19.3. The second-order valence-electron chi connectivity index (χ2n) is 6.05. The van der Waals surface area contributed by atoms with Crippen LogP contribution in [0.15, 0.2) is 54.9 Å². The SMILES string of the molecule is Cc1ncc(CN(Cc2ccc(Cl)cc2Cl)C(=O)c2cccc(F)c2)cn1. The van der Waals surface area contributed by atoms with Gasteiger partial charge < -0.3 is 4.90 Å². The summed E-state index contributed by atoms with van der Waals surface area (Å²) in [6, 6.07) is 10.7. The molecule has 1 heterocycles. The lowest BCUT2D eigenvalue weighted by molar-refractivity contribution is 0.0729. The molecule has 2 aromatic carbocycles. The van der Waals surface area contributed by atoms with Crippen LogP contribution < -0.4 is 0 Å². The fourth-order valence-corrected chi connectivity index (χ4v) is 3.05. The normalized spacial score (nSPS) is 10.7. The summed E-state index contributed by atoms with van der Waals surface area (Å²) >= 11 is 12.2. The van der Waals surface area contributed by atoms with Gasteiger partial charge in [0.15, 0.2) is 0 Å². The van der Waals surface area contributed by atoms with Crippen molar-refractivity contribution in [2.75, 3.05) is 0 Å². The lowest BCUT2D eigenvalue weighted by Gasteiger charge is -2.23. The topological polar surface area (TPSA) is 46.1 Å². The van der Waals surface area contributed by atoms with Gasteiger partial charge in [0.2, 0.25) is 0 Å². The summed E-state index contributed by atoms with van der Waals surface area (Å²) in [6.45, 7) is 2.28. The zero-order valence-corrected chi connectivity index (χ0v) is 16.0. The molecule has 3 rings (SSSR count). The van der Waals surface area contributed by atoms with Crippen molar-refractivity contribution in [3.8, 4) is 0 Å². The number of halogens is 3. The molecule has 0 aliphatic carbocycles. The second-order valence-corrected chi connectivity index (χ2v) is 6.89. The van der Waals surface area contributed by atoms with E-state index in [4.69, 9.17) is 23.2 Å². The molecule has 7 heteroatoms. The third-order valence-corrected chi connectivity index (χ3v) is 4.53. The first-order chi connectivity index (χ1) is 12.9. The number of aryl methyl sites for hydroxylation is 1. The fourth-order valence-electron chi connectivity index (χ4n) is 2.58. The minimum absolute atomic E-state index is 0.235. The quantitative estimate of drug-likeness (QED) is 0.596. The Hall–Kier alpha value is -2.50. The van der Waals surface area contributed by atoms with E-state index in [-0.39, 0.29) is 24.6 Å². The van der Waals surface area contributed by atoms with Gasteiger partial charge in [0, 0.05) is 46.7 Å². The predicted octanol–water partition coefficient (Wildman–Crippen LogP) is 5.07.